The zero-order valence-electron chi connectivity index (χ0n) is 10.0. The molecule has 1 aromatic heterocycles. The Labute approximate surface area is 96.4 Å². The summed E-state index contributed by atoms with van der Waals surface area (Å²) in [5.41, 5.74) is 0. The first-order chi connectivity index (χ1) is 7.78. The van der Waals surface area contributed by atoms with Crippen LogP contribution in [0.25, 0.3) is 0 Å². The number of oxazole rings is 1. The van der Waals surface area contributed by atoms with Crippen LogP contribution in [0.1, 0.15) is 25.0 Å². The minimum atomic E-state index is 0.426. The Morgan fingerprint density at radius 2 is 2.50 bits per heavy atom. The van der Waals surface area contributed by atoms with E-state index in [2.05, 4.69) is 17.2 Å². The molecule has 1 N–H and O–H groups in total. The minimum Gasteiger partial charge on any atom is -0.446 e. The molecule has 16 heavy (non-hydrogen) atoms. The van der Waals surface area contributed by atoms with Crippen molar-refractivity contribution in [1.29, 1.82) is 0 Å². The zero-order valence-corrected chi connectivity index (χ0v) is 10.0. The van der Waals surface area contributed by atoms with Gasteiger partial charge in [0, 0.05) is 32.1 Å². The maximum absolute atomic E-state index is 5.71. The molecule has 2 atom stereocenters. The van der Waals surface area contributed by atoms with E-state index in [1.54, 1.807) is 0 Å². The summed E-state index contributed by atoms with van der Waals surface area (Å²) in [6.45, 7) is 3.87. The van der Waals surface area contributed by atoms with E-state index in [0.29, 0.717) is 12.0 Å². The van der Waals surface area contributed by atoms with Crippen LogP contribution in [-0.2, 0) is 17.6 Å². The minimum absolute atomic E-state index is 0.426. The van der Waals surface area contributed by atoms with Gasteiger partial charge in [0.2, 0.25) is 0 Å². The largest absolute Gasteiger partial charge is 0.446 e. The van der Waals surface area contributed by atoms with Crippen LogP contribution in [0, 0.1) is 5.92 Å². The van der Waals surface area contributed by atoms with Crippen LogP contribution in [0.3, 0.4) is 0 Å². The summed E-state index contributed by atoms with van der Waals surface area (Å²) >= 11 is 0. The van der Waals surface area contributed by atoms with Crippen LogP contribution < -0.4 is 5.32 Å². The fourth-order valence-corrected chi connectivity index (χ4v) is 1.93. The van der Waals surface area contributed by atoms with E-state index >= 15 is 0 Å². The molecule has 0 aliphatic carbocycles. The molecule has 1 fully saturated rings. The van der Waals surface area contributed by atoms with Crippen molar-refractivity contribution in [3.8, 4) is 0 Å². The van der Waals surface area contributed by atoms with E-state index in [1.165, 1.54) is 0 Å². The van der Waals surface area contributed by atoms with Crippen LogP contribution in [0.4, 0.5) is 0 Å². The van der Waals surface area contributed by atoms with Gasteiger partial charge in [0.25, 0.3) is 0 Å². The third-order valence-electron chi connectivity index (χ3n) is 3.09. The molecule has 4 heteroatoms. The Balaban J connectivity index is 1.86. The highest BCUT2D eigenvalue weighted by Crippen LogP contribution is 2.18. The lowest BCUT2D eigenvalue weighted by atomic mass is 10.1. The smallest absolute Gasteiger partial charge is 0.194 e. The van der Waals surface area contributed by atoms with Gasteiger partial charge in [-0.3, -0.25) is 0 Å². The van der Waals surface area contributed by atoms with Crippen molar-refractivity contribution in [2.45, 2.75) is 32.2 Å². The Morgan fingerprint density at radius 1 is 1.62 bits per heavy atom. The van der Waals surface area contributed by atoms with Gasteiger partial charge in [-0.1, -0.05) is 0 Å². The number of hydrogen-bond acceptors (Lipinski definition) is 4. The highest BCUT2D eigenvalue weighted by Gasteiger charge is 2.18. The van der Waals surface area contributed by atoms with E-state index in [9.17, 15) is 0 Å². The number of ether oxygens (including phenoxy) is 1. The van der Waals surface area contributed by atoms with Gasteiger partial charge >= 0.3 is 0 Å². The van der Waals surface area contributed by atoms with Gasteiger partial charge < -0.3 is 14.5 Å². The van der Waals surface area contributed by atoms with Crippen molar-refractivity contribution in [3.63, 3.8) is 0 Å². The molecule has 1 saturated heterocycles. The third kappa shape index (κ3) is 3.06. The van der Waals surface area contributed by atoms with E-state index < -0.39 is 0 Å². The van der Waals surface area contributed by atoms with Crippen LogP contribution in [0.15, 0.2) is 10.6 Å². The van der Waals surface area contributed by atoms with Gasteiger partial charge in [0.15, 0.2) is 5.89 Å². The number of hydrogen-bond donors (Lipinski definition) is 1. The summed E-state index contributed by atoms with van der Waals surface area (Å²) in [4.78, 5) is 4.32. The van der Waals surface area contributed by atoms with E-state index in [0.717, 1.165) is 44.1 Å². The molecule has 1 aliphatic heterocycles. The monoisotopic (exact) mass is 224 g/mol. The highest BCUT2D eigenvalue weighted by atomic mass is 16.5. The van der Waals surface area contributed by atoms with E-state index in [1.807, 2.05) is 13.2 Å². The molecule has 2 rings (SSSR count). The quantitative estimate of drug-likeness (QED) is 0.821. The lowest BCUT2D eigenvalue weighted by Gasteiger charge is -2.06. The Morgan fingerprint density at radius 3 is 3.19 bits per heavy atom. The van der Waals surface area contributed by atoms with Gasteiger partial charge in [-0.25, -0.2) is 4.98 Å². The summed E-state index contributed by atoms with van der Waals surface area (Å²) in [7, 11) is 1.96. The highest BCUT2D eigenvalue weighted by molar-refractivity contribution is 4.97. The fraction of sp³-hybridized carbons (Fsp3) is 0.750. The average Bonchev–Trinajstić information content (AvgIpc) is 2.91. The van der Waals surface area contributed by atoms with Crippen molar-refractivity contribution in [1.82, 2.24) is 10.3 Å². The summed E-state index contributed by atoms with van der Waals surface area (Å²) < 4.78 is 11.0. The number of aromatic nitrogens is 1. The van der Waals surface area contributed by atoms with E-state index in [4.69, 9.17) is 9.15 Å². The van der Waals surface area contributed by atoms with Gasteiger partial charge in [-0.05, 0) is 26.3 Å². The second kappa shape index (κ2) is 5.46. The average molecular weight is 224 g/mol. The second-order valence-electron chi connectivity index (χ2n) is 4.55. The summed E-state index contributed by atoms with van der Waals surface area (Å²) in [5, 5.41) is 3.19. The van der Waals surface area contributed by atoms with Crippen molar-refractivity contribution in [2.75, 3.05) is 20.3 Å². The first kappa shape index (κ1) is 11.6. The molecule has 1 aromatic rings. The molecule has 4 nitrogen and oxygen atoms in total. The molecular weight excluding hydrogens is 204 g/mol. The molecule has 90 valence electrons. The molecule has 1 aliphatic rings. The number of rotatable bonds is 5. The fourth-order valence-electron chi connectivity index (χ4n) is 1.93. The first-order valence-electron chi connectivity index (χ1n) is 5.96. The topological polar surface area (TPSA) is 47.3 Å². The maximum Gasteiger partial charge on any atom is 0.194 e. The molecule has 2 unspecified atom stereocenters. The molecule has 0 radical (unpaired) electrons. The lowest BCUT2D eigenvalue weighted by molar-refractivity contribution is 0.184. The zero-order chi connectivity index (χ0) is 11.4. The molecule has 0 bridgehead atoms. The number of nitrogens with zero attached hydrogens (tertiary/aromatic N) is 1. The third-order valence-corrected chi connectivity index (χ3v) is 3.09. The molecule has 0 spiro atoms. The maximum atomic E-state index is 5.71. The molecule has 0 amide bonds. The second-order valence-corrected chi connectivity index (χ2v) is 4.55. The summed E-state index contributed by atoms with van der Waals surface area (Å²) in [6, 6.07) is 0.426. The van der Waals surface area contributed by atoms with Crippen LogP contribution >= 0.6 is 0 Å². The van der Waals surface area contributed by atoms with Crippen molar-refractivity contribution >= 4 is 0 Å². The van der Waals surface area contributed by atoms with Gasteiger partial charge in [-0.15, -0.1) is 0 Å². The van der Waals surface area contributed by atoms with Gasteiger partial charge in [0.05, 0.1) is 6.20 Å². The van der Waals surface area contributed by atoms with Crippen molar-refractivity contribution in [3.05, 3.63) is 17.8 Å². The van der Waals surface area contributed by atoms with E-state index in [-0.39, 0.29) is 0 Å². The Hall–Kier alpha value is -0.870. The lowest BCUT2D eigenvalue weighted by Crippen LogP contribution is -2.23. The predicted molar refractivity (Wildman–Crippen MR) is 61.4 cm³/mol. The van der Waals surface area contributed by atoms with Crippen molar-refractivity contribution in [2.24, 2.45) is 5.92 Å². The summed E-state index contributed by atoms with van der Waals surface area (Å²) in [6.07, 6.45) is 4.78. The summed E-state index contributed by atoms with van der Waals surface area (Å²) in [5.74, 6) is 2.41. The molecular formula is C12H20N2O2. The molecule has 0 saturated carbocycles. The Kier molecular flexibility index (Phi) is 3.96. The number of likely N-dealkylation sites (N-methyl/N-ethyl adjacent to an activating group) is 1. The van der Waals surface area contributed by atoms with Crippen LogP contribution in [0.5, 0.6) is 0 Å². The van der Waals surface area contributed by atoms with Gasteiger partial charge in [-0.2, -0.15) is 0 Å². The standard InChI is InChI=1S/C12H20N2O2/c1-9(13-2)5-11-7-14-12(16-11)6-10-3-4-15-8-10/h7,9-10,13H,3-6,8H2,1-2H3. The van der Waals surface area contributed by atoms with Crippen LogP contribution in [-0.4, -0.2) is 31.3 Å². The molecule has 2 heterocycles. The Bertz CT molecular complexity index is 319. The predicted octanol–water partition coefficient (Wildman–Crippen LogP) is 1.40. The first-order valence-corrected chi connectivity index (χ1v) is 5.96. The number of nitrogens with one attached hydrogen (secondary N) is 1. The van der Waals surface area contributed by atoms with Crippen molar-refractivity contribution < 1.29 is 9.15 Å². The van der Waals surface area contributed by atoms with Crippen LogP contribution in [0.2, 0.25) is 0 Å². The SMILES string of the molecule is CNC(C)Cc1cnc(CC2CCOC2)o1. The normalized spacial score (nSPS) is 22.5. The van der Waals surface area contributed by atoms with Gasteiger partial charge in [0.1, 0.15) is 5.76 Å². The molecule has 0 aromatic carbocycles.